The topological polar surface area (TPSA) is 82.6 Å². The molecule has 0 radical (unpaired) electrons. The first-order chi connectivity index (χ1) is 17.4. The van der Waals surface area contributed by atoms with E-state index in [1.807, 2.05) is 31.2 Å². The van der Waals surface area contributed by atoms with Gasteiger partial charge in [0.15, 0.2) is 0 Å². The molecule has 1 atom stereocenters. The average Bonchev–Trinajstić information content (AvgIpc) is 3.34. The third kappa shape index (κ3) is 3.92. The van der Waals surface area contributed by atoms with Crippen molar-refractivity contribution in [1.82, 2.24) is 9.88 Å². The fraction of sp³-hybridized carbons (Fsp3) is 0.172. The summed E-state index contributed by atoms with van der Waals surface area (Å²) in [7, 11) is 1.52. The summed E-state index contributed by atoms with van der Waals surface area (Å²) in [6, 6.07) is 19.3. The van der Waals surface area contributed by atoms with Gasteiger partial charge in [-0.1, -0.05) is 36.4 Å². The number of aryl methyl sites for hydroxylation is 1. The van der Waals surface area contributed by atoms with Crippen LogP contribution in [0.3, 0.4) is 0 Å². The minimum absolute atomic E-state index is 0.133. The van der Waals surface area contributed by atoms with Crippen molar-refractivity contribution in [3.63, 3.8) is 0 Å². The van der Waals surface area contributed by atoms with Crippen LogP contribution in [0.1, 0.15) is 28.4 Å². The lowest BCUT2D eigenvalue weighted by molar-refractivity contribution is -0.139. The quantitative estimate of drug-likeness (QED) is 0.221. The van der Waals surface area contributed by atoms with Gasteiger partial charge in [0.2, 0.25) is 0 Å². The van der Waals surface area contributed by atoms with Crippen molar-refractivity contribution < 1.29 is 23.8 Å². The Morgan fingerprint density at radius 2 is 1.72 bits per heavy atom. The molecule has 36 heavy (non-hydrogen) atoms. The first-order valence-electron chi connectivity index (χ1n) is 11.6. The number of ether oxygens (including phenoxy) is 1. The number of carbonyl (C=O) groups excluding carboxylic acids is 2. The minimum atomic E-state index is -1.06. The van der Waals surface area contributed by atoms with E-state index in [0.717, 1.165) is 22.2 Å². The lowest BCUT2D eigenvalue weighted by Crippen LogP contribution is -2.32. The van der Waals surface area contributed by atoms with Crippen LogP contribution in [0.4, 0.5) is 4.39 Å². The van der Waals surface area contributed by atoms with Crippen LogP contribution in [-0.4, -0.2) is 40.3 Å². The van der Waals surface area contributed by atoms with E-state index in [-0.39, 0.29) is 23.4 Å². The normalized spacial score (nSPS) is 17.2. The van der Waals surface area contributed by atoms with Crippen molar-refractivity contribution in [3.05, 3.63) is 107 Å². The van der Waals surface area contributed by atoms with E-state index in [4.69, 9.17) is 4.74 Å². The summed E-state index contributed by atoms with van der Waals surface area (Å²) in [5.74, 6) is -1.94. The summed E-state index contributed by atoms with van der Waals surface area (Å²) >= 11 is 0. The fourth-order valence-corrected chi connectivity index (χ4v) is 4.92. The summed E-state index contributed by atoms with van der Waals surface area (Å²) in [5.41, 5.74) is 3.33. The first-order valence-corrected chi connectivity index (χ1v) is 11.6. The number of hydrogen-bond acceptors (Lipinski definition) is 4. The number of halogens is 1. The summed E-state index contributed by atoms with van der Waals surface area (Å²) in [6.45, 7) is 2.13. The van der Waals surface area contributed by atoms with Crippen molar-refractivity contribution in [2.24, 2.45) is 0 Å². The number of amides is 1. The number of ketones is 1. The number of aromatic nitrogens is 1. The summed E-state index contributed by atoms with van der Waals surface area (Å²) < 4.78 is 20.2. The number of benzene rings is 3. The van der Waals surface area contributed by atoms with Gasteiger partial charge in [-0.25, -0.2) is 4.39 Å². The number of para-hydroxylation sites is 1. The molecule has 1 aliphatic heterocycles. The van der Waals surface area contributed by atoms with Crippen LogP contribution >= 0.6 is 0 Å². The Bertz CT molecular complexity index is 1500. The third-order valence-corrected chi connectivity index (χ3v) is 6.73. The average molecular weight is 485 g/mol. The smallest absolute Gasteiger partial charge is 0.295 e. The van der Waals surface area contributed by atoms with Crippen LogP contribution in [0.5, 0.6) is 5.75 Å². The molecule has 6 nitrogen and oxygen atoms in total. The number of rotatable bonds is 6. The van der Waals surface area contributed by atoms with Crippen molar-refractivity contribution in [2.75, 3.05) is 13.7 Å². The lowest BCUT2D eigenvalue weighted by atomic mass is 9.94. The van der Waals surface area contributed by atoms with Crippen LogP contribution in [0, 0.1) is 12.7 Å². The van der Waals surface area contributed by atoms with E-state index in [9.17, 15) is 14.7 Å². The van der Waals surface area contributed by atoms with E-state index >= 15 is 4.39 Å². The van der Waals surface area contributed by atoms with Gasteiger partial charge in [0, 0.05) is 34.3 Å². The van der Waals surface area contributed by atoms with Gasteiger partial charge in [-0.05, 0) is 55.3 Å². The molecule has 3 aromatic carbocycles. The van der Waals surface area contributed by atoms with E-state index in [2.05, 4.69) is 4.98 Å². The molecule has 0 aliphatic carbocycles. The van der Waals surface area contributed by atoms with E-state index in [1.54, 1.807) is 36.4 Å². The lowest BCUT2D eigenvalue weighted by Gasteiger charge is -2.25. The molecular formula is C29H25FN2O4. The zero-order valence-corrected chi connectivity index (χ0v) is 19.9. The van der Waals surface area contributed by atoms with Gasteiger partial charge < -0.3 is 19.7 Å². The second-order valence-corrected chi connectivity index (χ2v) is 8.77. The molecule has 2 N–H and O–H groups in total. The Morgan fingerprint density at radius 3 is 2.44 bits per heavy atom. The Balaban J connectivity index is 1.58. The van der Waals surface area contributed by atoms with Crippen molar-refractivity contribution in [2.45, 2.75) is 19.4 Å². The fourth-order valence-electron chi connectivity index (χ4n) is 4.92. The summed E-state index contributed by atoms with van der Waals surface area (Å²) in [4.78, 5) is 31.2. The number of hydrogen-bond donors (Lipinski definition) is 2. The van der Waals surface area contributed by atoms with Gasteiger partial charge in [-0.15, -0.1) is 0 Å². The van der Waals surface area contributed by atoms with Gasteiger partial charge in [0.25, 0.3) is 11.7 Å². The maximum Gasteiger partial charge on any atom is 0.295 e. The molecule has 1 saturated heterocycles. The number of carbonyl (C=O) groups is 2. The molecule has 0 spiro atoms. The molecule has 1 fully saturated rings. The second-order valence-electron chi connectivity index (χ2n) is 8.77. The number of nitrogens with zero attached hydrogens (tertiary/aromatic N) is 1. The molecule has 5 rings (SSSR count). The van der Waals surface area contributed by atoms with E-state index in [1.165, 1.54) is 24.1 Å². The van der Waals surface area contributed by atoms with Crippen LogP contribution in [0.2, 0.25) is 0 Å². The number of aliphatic hydroxyl groups is 1. The maximum absolute atomic E-state index is 15.0. The Kier molecular flexibility index (Phi) is 6.06. The van der Waals surface area contributed by atoms with Gasteiger partial charge in [-0.2, -0.15) is 0 Å². The molecule has 1 aliphatic rings. The minimum Gasteiger partial charge on any atom is -0.507 e. The van der Waals surface area contributed by atoms with Gasteiger partial charge in [-0.3, -0.25) is 9.59 Å². The molecule has 4 aromatic rings. The van der Waals surface area contributed by atoms with Crippen LogP contribution in [0.25, 0.3) is 16.7 Å². The molecule has 2 heterocycles. The highest BCUT2D eigenvalue weighted by Crippen LogP contribution is 2.40. The third-order valence-electron chi connectivity index (χ3n) is 6.73. The Morgan fingerprint density at radius 1 is 1.03 bits per heavy atom. The predicted molar refractivity (Wildman–Crippen MR) is 135 cm³/mol. The number of Topliss-reactive ketones (excluding diaryl/α,β-unsaturated/α-hetero) is 1. The van der Waals surface area contributed by atoms with Gasteiger partial charge in [0.05, 0.1) is 18.7 Å². The number of likely N-dealkylation sites (tertiary alicyclic amines) is 1. The summed E-state index contributed by atoms with van der Waals surface area (Å²) in [5, 5.41) is 12.2. The first kappa shape index (κ1) is 23.4. The van der Waals surface area contributed by atoms with Crippen LogP contribution in [-0.2, 0) is 16.0 Å². The number of nitrogens with one attached hydrogen (secondary N) is 1. The molecule has 1 aromatic heterocycles. The van der Waals surface area contributed by atoms with E-state index < -0.39 is 23.5 Å². The summed E-state index contributed by atoms with van der Waals surface area (Å²) in [6.07, 6.45) is 0.455. The van der Waals surface area contributed by atoms with Crippen LogP contribution in [0.15, 0.2) is 78.4 Å². The molecule has 0 unspecified atom stereocenters. The number of methoxy groups -OCH3 is 1. The highest BCUT2D eigenvalue weighted by Gasteiger charge is 2.46. The van der Waals surface area contributed by atoms with Gasteiger partial charge >= 0.3 is 0 Å². The molecular weight excluding hydrogens is 459 g/mol. The molecule has 0 saturated carbocycles. The second kappa shape index (κ2) is 9.34. The Labute approximate surface area is 207 Å². The zero-order valence-electron chi connectivity index (χ0n) is 19.9. The largest absolute Gasteiger partial charge is 0.507 e. The predicted octanol–water partition coefficient (Wildman–Crippen LogP) is 5.29. The standard InChI is InChI=1S/C29H25FN2O4/c1-17-20(21-7-4-6-10-24(21)31-17)15-16-32-26(22-8-3-5-9-23(22)30)25(28(34)29(32)35)27(33)18-11-13-19(36-2)14-12-18/h3-14,26,31,33H,15-16H2,1-2H3/t26-/m1/s1. The molecule has 0 bridgehead atoms. The van der Waals surface area contributed by atoms with Crippen molar-refractivity contribution in [3.8, 4) is 5.75 Å². The number of fused-ring (bicyclic) bond motifs is 1. The SMILES string of the molecule is COc1ccc(C(O)=C2C(=O)C(=O)N(CCc3c(C)[nH]c4ccccc34)[C@@H]2c2ccccc2F)cc1. The van der Waals surface area contributed by atoms with Gasteiger partial charge in [0.1, 0.15) is 17.3 Å². The number of aromatic amines is 1. The molecule has 182 valence electrons. The van der Waals surface area contributed by atoms with Crippen molar-refractivity contribution in [1.29, 1.82) is 0 Å². The molecule has 1 amide bonds. The van der Waals surface area contributed by atoms with Crippen molar-refractivity contribution >= 4 is 28.4 Å². The maximum atomic E-state index is 15.0. The van der Waals surface area contributed by atoms with E-state index in [0.29, 0.717) is 17.7 Å². The number of H-pyrrole nitrogens is 1. The zero-order chi connectivity index (χ0) is 25.4. The molecule has 7 heteroatoms. The monoisotopic (exact) mass is 484 g/mol. The highest BCUT2D eigenvalue weighted by molar-refractivity contribution is 6.46. The number of aliphatic hydroxyl groups excluding tert-OH is 1. The Hall–Kier alpha value is -4.39. The van der Waals surface area contributed by atoms with Crippen LogP contribution < -0.4 is 4.74 Å². The highest BCUT2D eigenvalue weighted by atomic mass is 19.1.